The molecule has 3 nitrogen and oxygen atoms in total. The van der Waals surface area contributed by atoms with Crippen molar-refractivity contribution in [3.05, 3.63) is 29.8 Å². The van der Waals surface area contributed by atoms with E-state index < -0.39 is 0 Å². The summed E-state index contributed by atoms with van der Waals surface area (Å²) >= 11 is 7.07. The molecule has 1 atom stereocenters. The molecule has 110 valence electrons. The number of hydrogen-bond acceptors (Lipinski definition) is 4. The molecule has 1 fully saturated rings. The largest absolute Gasteiger partial charge is 0.492 e. The molecule has 2 N–H and O–H groups in total. The van der Waals surface area contributed by atoms with Crippen LogP contribution in [-0.2, 0) is 0 Å². The van der Waals surface area contributed by atoms with Gasteiger partial charge in [-0.3, -0.25) is 4.90 Å². The van der Waals surface area contributed by atoms with Gasteiger partial charge in [0.1, 0.15) is 17.3 Å². The lowest BCUT2D eigenvalue weighted by molar-refractivity contribution is 0.212. The number of thioether (sulfide) groups is 1. The summed E-state index contributed by atoms with van der Waals surface area (Å²) in [6, 6.07) is 7.68. The molecule has 1 aromatic rings. The number of thiocarbonyl (C=S) groups is 1. The first-order valence-electron chi connectivity index (χ1n) is 7.05. The molecular weight excluding hydrogens is 288 g/mol. The van der Waals surface area contributed by atoms with Gasteiger partial charge in [0.05, 0.1) is 0 Å². The summed E-state index contributed by atoms with van der Waals surface area (Å²) in [6.07, 6.45) is 1.25. The van der Waals surface area contributed by atoms with Gasteiger partial charge in [-0.05, 0) is 18.6 Å². The van der Waals surface area contributed by atoms with E-state index in [1.807, 2.05) is 24.3 Å². The molecule has 1 aromatic carbocycles. The van der Waals surface area contributed by atoms with Crippen molar-refractivity contribution in [2.75, 3.05) is 32.0 Å². The zero-order valence-electron chi connectivity index (χ0n) is 11.9. The van der Waals surface area contributed by atoms with Crippen LogP contribution in [0.3, 0.4) is 0 Å². The highest BCUT2D eigenvalue weighted by Crippen LogP contribution is 2.21. The maximum absolute atomic E-state index is 5.80. The normalized spacial score (nSPS) is 19.8. The van der Waals surface area contributed by atoms with Gasteiger partial charge < -0.3 is 10.5 Å². The van der Waals surface area contributed by atoms with Crippen LogP contribution in [0.1, 0.15) is 18.9 Å². The van der Waals surface area contributed by atoms with Crippen molar-refractivity contribution < 1.29 is 4.74 Å². The SMILES string of the molecule is CCC1CN(CCOc2cccc(C(N)=S)c2)CCS1. The van der Waals surface area contributed by atoms with Crippen molar-refractivity contribution in [1.29, 1.82) is 0 Å². The van der Waals surface area contributed by atoms with E-state index in [-0.39, 0.29) is 0 Å². The Hall–Kier alpha value is -0.780. The van der Waals surface area contributed by atoms with Crippen LogP contribution in [0, 0.1) is 0 Å². The maximum Gasteiger partial charge on any atom is 0.120 e. The van der Waals surface area contributed by atoms with Crippen molar-refractivity contribution >= 4 is 29.0 Å². The number of rotatable bonds is 6. The van der Waals surface area contributed by atoms with Gasteiger partial charge in [-0.1, -0.05) is 31.3 Å². The Morgan fingerprint density at radius 2 is 2.40 bits per heavy atom. The Morgan fingerprint density at radius 1 is 1.55 bits per heavy atom. The van der Waals surface area contributed by atoms with Gasteiger partial charge in [-0.25, -0.2) is 0 Å². The molecule has 20 heavy (non-hydrogen) atoms. The molecule has 0 aromatic heterocycles. The second-order valence-corrected chi connectivity index (χ2v) is 6.79. The highest BCUT2D eigenvalue weighted by Gasteiger charge is 2.18. The Morgan fingerprint density at radius 3 is 3.15 bits per heavy atom. The van der Waals surface area contributed by atoms with Gasteiger partial charge >= 0.3 is 0 Å². The van der Waals surface area contributed by atoms with E-state index in [0.29, 0.717) is 11.6 Å². The van der Waals surface area contributed by atoms with Crippen LogP contribution in [0.15, 0.2) is 24.3 Å². The molecule has 0 spiro atoms. The summed E-state index contributed by atoms with van der Waals surface area (Å²) in [5, 5.41) is 0.779. The molecule has 0 bridgehead atoms. The van der Waals surface area contributed by atoms with Crippen molar-refractivity contribution in [3.8, 4) is 5.75 Å². The fourth-order valence-corrected chi connectivity index (χ4v) is 3.64. The molecule has 1 aliphatic rings. The minimum absolute atomic E-state index is 0.411. The maximum atomic E-state index is 5.80. The minimum atomic E-state index is 0.411. The van der Waals surface area contributed by atoms with Gasteiger partial charge in [-0.15, -0.1) is 0 Å². The number of nitrogens with two attached hydrogens (primary N) is 1. The molecule has 5 heteroatoms. The Labute approximate surface area is 130 Å². The fraction of sp³-hybridized carbons (Fsp3) is 0.533. The second kappa shape index (κ2) is 7.86. The van der Waals surface area contributed by atoms with Crippen LogP contribution >= 0.6 is 24.0 Å². The molecule has 1 unspecified atom stereocenters. The van der Waals surface area contributed by atoms with Crippen molar-refractivity contribution in [3.63, 3.8) is 0 Å². The van der Waals surface area contributed by atoms with Crippen LogP contribution in [0.2, 0.25) is 0 Å². The third kappa shape index (κ3) is 4.65. The van der Waals surface area contributed by atoms with Crippen LogP contribution in [0.5, 0.6) is 5.75 Å². The zero-order chi connectivity index (χ0) is 14.4. The Kier molecular flexibility index (Phi) is 6.13. The predicted molar refractivity (Wildman–Crippen MR) is 90.8 cm³/mol. The second-order valence-electron chi connectivity index (χ2n) is 4.94. The van der Waals surface area contributed by atoms with E-state index in [9.17, 15) is 0 Å². The quantitative estimate of drug-likeness (QED) is 0.818. The van der Waals surface area contributed by atoms with Crippen LogP contribution in [0.25, 0.3) is 0 Å². The van der Waals surface area contributed by atoms with E-state index in [0.717, 1.165) is 29.7 Å². The van der Waals surface area contributed by atoms with Crippen molar-refractivity contribution in [2.24, 2.45) is 5.73 Å². The molecule has 1 saturated heterocycles. The topological polar surface area (TPSA) is 38.5 Å². The first-order chi connectivity index (χ1) is 9.69. The van der Waals surface area contributed by atoms with E-state index >= 15 is 0 Å². The molecule has 1 heterocycles. The summed E-state index contributed by atoms with van der Waals surface area (Å²) in [6.45, 7) is 6.30. The lowest BCUT2D eigenvalue weighted by atomic mass is 10.2. The molecule has 0 amide bonds. The monoisotopic (exact) mass is 310 g/mol. The van der Waals surface area contributed by atoms with E-state index in [1.165, 1.54) is 18.7 Å². The van der Waals surface area contributed by atoms with Crippen molar-refractivity contribution in [2.45, 2.75) is 18.6 Å². The fourth-order valence-electron chi connectivity index (χ4n) is 2.26. The standard InChI is InChI=1S/C15H22N2OS2/c1-2-14-11-17(7-9-20-14)6-8-18-13-5-3-4-12(10-13)15(16)19/h3-5,10,14H,2,6-9,11H2,1H3,(H2,16,19). The molecular formula is C15H22N2OS2. The number of nitrogens with zero attached hydrogens (tertiary/aromatic N) is 1. The molecule has 0 radical (unpaired) electrons. The third-order valence-corrected chi connectivity index (χ3v) is 5.08. The van der Waals surface area contributed by atoms with Gasteiger partial charge in [-0.2, -0.15) is 11.8 Å². The van der Waals surface area contributed by atoms with E-state index in [4.69, 9.17) is 22.7 Å². The van der Waals surface area contributed by atoms with Crippen LogP contribution in [0.4, 0.5) is 0 Å². The van der Waals surface area contributed by atoms with Gasteiger partial charge in [0.25, 0.3) is 0 Å². The van der Waals surface area contributed by atoms with E-state index in [1.54, 1.807) is 0 Å². The number of hydrogen-bond donors (Lipinski definition) is 1. The minimum Gasteiger partial charge on any atom is -0.492 e. The highest BCUT2D eigenvalue weighted by molar-refractivity contribution is 8.00. The summed E-state index contributed by atoms with van der Waals surface area (Å²) in [5.41, 5.74) is 6.48. The third-order valence-electron chi connectivity index (χ3n) is 3.47. The van der Waals surface area contributed by atoms with Crippen LogP contribution < -0.4 is 10.5 Å². The number of benzene rings is 1. The van der Waals surface area contributed by atoms with Gasteiger partial charge in [0, 0.05) is 36.2 Å². The summed E-state index contributed by atoms with van der Waals surface area (Å²) in [7, 11) is 0. The average Bonchev–Trinajstić information content (AvgIpc) is 2.48. The van der Waals surface area contributed by atoms with Crippen molar-refractivity contribution in [1.82, 2.24) is 4.90 Å². The summed E-state index contributed by atoms with van der Waals surface area (Å²) < 4.78 is 5.80. The van der Waals surface area contributed by atoms with Gasteiger partial charge in [0.15, 0.2) is 0 Å². The molecule has 0 aliphatic carbocycles. The number of ether oxygens (including phenoxy) is 1. The highest BCUT2D eigenvalue weighted by atomic mass is 32.2. The predicted octanol–water partition coefficient (Wildman–Crippen LogP) is 2.53. The lowest BCUT2D eigenvalue weighted by Crippen LogP contribution is -2.39. The smallest absolute Gasteiger partial charge is 0.120 e. The average molecular weight is 310 g/mol. The molecule has 0 saturated carbocycles. The Balaban J connectivity index is 1.78. The zero-order valence-corrected chi connectivity index (χ0v) is 13.5. The first kappa shape index (κ1) is 15.6. The van der Waals surface area contributed by atoms with Gasteiger partial charge in [0.2, 0.25) is 0 Å². The van der Waals surface area contributed by atoms with Crippen LogP contribution in [-0.4, -0.2) is 47.1 Å². The summed E-state index contributed by atoms with van der Waals surface area (Å²) in [4.78, 5) is 2.90. The summed E-state index contributed by atoms with van der Waals surface area (Å²) in [5.74, 6) is 2.07. The lowest BCUT2D eigenvalue weighted by Gasteiger charge is -2.31. The Bertz CT molecular complexity index is 453. The first-order valence-corrected chi connectivity index (χ1v) is 8.51. The van der Waals surface area contributed by atoms with E-state index in [2.05, 4.69) is 23.6 Å². The molecule has 1 aliphatic heterocycles. The molecule has 2 rings (SSSR count).